The SMILES string of the molecule is CC1(C)c2ccccc2-c2ccc(C3=NC(c4cccc(-c5cccc6c5Sc5ccccc5C65c6ccccc6C6(c7ccccc7-c7ccccc76)c6ccccc65)c4)NC(c4ccccc4)=C3)cc21. The number of allylic oxidation sites excluding steroid dienone is 1. The Bertz CT molecular complexity index is 3890. The number of hydrogen-bond acceptors (Lipinski definition) is 3. The number of rotatable bonds is 4. The number of nitrogens with one attached hydrogen (secondary N) is 1. The predicted molar refractivity (Wildman–Crippen MR) is 296 cm³/mol. The van der Waals surface area contributed by atoms with E-state index in [-0.39, 0.29) is 11.6 Å². The summed E-state index contributed by atoms with van der Waals surface area (Å²) in [7, 11) is 0. The van der Waals surface area contributed by atoms with Gasteiger partial charge < -0.3 is 5.32 Å². The van der Waals surface area contributed by atoms with E-state index < -0.39 is 10.8 Å². The van der Waals surface area contributed by atoms with Crippen molar-refractivity contribution in [2.75, 3.05) is 0 Å². The number of hydrogen-bond donors (Lipinski definition) is 1. The molecule has 2 heterocycles. The van der Waals surface area contributed by atoms with E-state index >= 15 is 0 Å². The van der Waals surface area contributed by atoms with Gasteiger partial charge in [-0.1, -0.05) is 244 Å². The lowest BCUT2D eigenvalue weighted by atomic mass is 9.51. The first-order valence-corrected chi connectivity index (χ1v) is 26.0. The Morgan fingerprint density at radius 2 is 0.861 bits per heavy atom. The largest absolute Gasteiger partial charge is 0.360 e. The molecule has 0 amide bonds. The maximum Gasteiger partial charge on any atom is 0.145 e. The molecule has 340 valence electrons. The van der Waals surface area contributed by atoms with Gasteiger partial charge in [0.15, 0.2) is 0 Å². The van der Waals surface area contributed by atoms with Crippen molar-refractivity contribution in [1.82, 2.24) is 5.32 Å². The number of aliphatic imine (C=N–C) groups is 1. The molecular formula is C69H48N2S. The molecule has 0 aromatic heterocycles. The van der Waals surface area contributed by atoms with Crippen LogP contribution in [0.5, 0.6) is 0 Å². The lowest BCUT2D eigenvalue weighted by molar-refractivity contribution is 0.606. The Hall–Kier alpha value is -8.24. The highest BCUT2D eigenvalue weighted by Crippen LogP contribution is 2.67. The van der Waals surface area contributed by atoms with E-state index in [1.807, 2.05) is 11.8 Å². The smallest absolute Gasteiger partial charge is 0.145 e. The van der Waals surface area contributed by atoms with Gasteiger partial charge in [-0.05, 0) is 124 Å². The van der Waals surface area contributed by atoms with Crippen LogP contribution in [0.3, 0.4) is 0 Å². The van der Waals surface area contributed by atoms with Crippen molar-refractivity contribution in [2.24, 2.45) is 4.99 Å². The van der Waals surface area contributed by atoms with Crippen LogP contribution in [-0.2, 0) is 16.2 Å². The van der Waals surface area contributed by atoms with Crippen LogP contribution >= 0.6 is 11.8 Å². The normalized spacial score (nSPS) is 17.2. The third kappa shape index (κ3) is 5.55. The minimum absolute atomic E-state index is 0.113. The molecule has 1 N–H and O–H groups in total. The molecule has 0 fully saturated rings. The molecule has 1 unspecified atom stereocenters. The van der Waals surface area contributed by atoms with Crippen molar-refractivity contribution in [3.63, 3.8) is 0 Å². The molecule has 72 heavy (non-hydrogen) atoms. The molecule has 3 aliphatic carbocycles. The van der Waals surface area contributed by atoms with E-state index in [4.69, 9.17) is 4.99 Å². The Balaban J connectivity index is 0.907. The van der Waals surface area contributed by atoms with Crippen molar-refractivity contribution in [3.05, 3.63) is 315 Å². The molecule has 2 aliphatic heterocycles. The summed E-state index contributed by atoms with van der Waals surface area (Å²) in [6.45, 7) is 4.70. The number of fused-ring (bicyclic) bond motifs is 18. The minimum Gasteiger partial charge on any atom is -0.360 e. The molecule has 10 aromatic rings. The summed E-state index contributed by atoms with van der Waals surface area (Å²) in [5.74, 6) is 0. The van der Waals surface area contributed by atoms with Gasteiger partial charge in [-0.25, -0.2) is 0 Å². The van der Waals surface area contributed by atoms with Crippen molar-refractivity contribution < 1.29 is 0 Å². The van der Waals surface area contributed by atoms with Gasteiger partial charge in [0.1, 0.15) is 6.17 Å². The van der Waals surface area contributed by atoms with Gasteiger partial charge >= 0.3 is 0 Å². The monoisotopic (exact) mass is 936 g/mol. The van der Waals surface area contributed by atoms with E-state index in [1.54, 1.807) is 0 Å². The molecule has 10 aromatic carbocycles. The first-order valence-electron chi connectivity index (χ1n) is 25.2. The van der Waals surface area contributed by atoms with E-state index in [0.717, 1.165) is 28.1 Å². The molecule has 5 aliphatic rings. The average Bonchev–Trinajstić information content (AvgIpc) is 3.88. The first-order chi connectivity index (χ1) is 35.5. The lowest BCUT2D eigenvalue weighted by Crippen LogP contribution is -2.45. The third-order valence-electron chi connectivity index (χ3n) is 16.7. The maximum atomic E-state index is 5.58. The molecule has 2 nitrogen and oxygen atoms in total. The topological polar surface area (TPSA) is 24.4 Å². The summed E-state index contributed by atoms with van der Waals surface area (Å²) in [6.07, 6.45) is 1.92. The Labute approximate surface area is 425 Å². The van der Waals surface area contributed by atoms with Crippen LogP contribution in [0.1, 0.15) is 92.3 Å². The van der Waals surface area contributed by atoms with Gasteiger partial charge in [0, 0.05) is 26.5 Å². The van der Waals surface area contributed by atoms with E-state index in [9.17, 15) is 0 Å². The fourth-order valence-corrected chi connectivity index (χ4v) is 14.9. The quantitative estimate of drug-likeness (QED) is 0.190. The van der Waals surface area contributed by atoms with Gasteiger partial charge in [-0.2, -0.15) is 0 Å². The standard InChI is InChI=1S/C69H48N2S/c1-67(2)52-28-9-6-24-48(52)51-39-38-45(41-61(51)67)63-42-62(43-20-4-3-5-21-43)70-66(71-63)46-23-18-22-44(40-46)47-27-19-36-60-65(47)72-64-37-17-16-35-59(64)69(60)57-33-14-12-31-55(57)68(56-32-13-15-34-58(56)69)53-29-10-7-25-49(53)50-26-8-11-30-54(50)68/h3-42,66,70H,1-2H3. The van der Waals surface area contributed by atoms with Gasteiger partial charge in [0.25, 0.3) is 0 Å². The van der Waals surface area contributed by atoms with Crippen LogP contribution in [0.4, 0.5) is 0 Å². The van der Waals surface area contributed by atoms with Crippen LogP contribution in [0.15, 0.2) is 257 Å². The first kappa shape index (κ1) is 41.5. The van der Waals surface area contributed by atoms with Gasteiger partial charge in [-0.3, -0.25) is 4.99 Å². The Morgan fingerprint density at radius 3 is 1.53 bits per heavy atom. The minimum atomic E-state index is -0.596. The van der Waals surface area contributed by atoms with E-state index in [0.29, 0.717) is 0 Å². The van der Waals surface area contributed by atoms with Crippen LogP contribution in [0, 0.1) is 0 Å². The molecule has 15 rings (SSSR count). The van der Waals surface area contributed by atoms with Crippen LogP contribution in [-0.4, -0.2) is 5.71 Å². The predicted octanol–water partition coefficient (Wildman–Crippen LogP) is 16.3. The zero-order chi connectivity index (χ0) is 47.8. The van der Waals surface area contributed by atoms with E-state index in [2.05, 4.69) is 262 Å². The highest BCUT2D eigenvalue weighted by molar-refractivity contribution is 7.99. The Morgan fingerprint density at radius 1 is 0.375 bits per heavy atom. The van der Waals surface area contributed by atoms with Gasteiger partial charge in [0.2, 0.25) is 0 Å². The number of nitrogens with zero attached hydrogens (tertiary/aromatic N) is 1. The highest BCUT2D eigenvalue weighted by Gasteiger charge is 2.58. The van der Waals surface area contributed by atoms with Crippen molar-refractivity contribution >= 4 is 23.2 Å². The van der Waals surface area contributed by atoms with E-state index in [1.165, 1.54) is 98.8 Å². The third-order valence-corrected chi connectivity index (χ3v) is 17.9. The van der Waals surface area contributed by atoms with Gasteiger partial charge in [0.05, 0.1) is 16.5 Å². The second kappa shape index (κ2) is 15.4. The maximum absolute atomic E-state index is 5.58. The fourth-order valence-electron chi connectivity index (χ4n) is 13.6. The molecule has 0 radical (unpaired) electrons. The molecular weight excluding hydrogens is 889 g/mol. The van der Waals surface area contributed by atoms with Crippen LogP contribution < -0.4 is 5.32 Å². The summed E-state index contributed by atoms with van der Waals surface area (Å²) < 4.78 is 0. The van der Waals surface area contributed by atoms with Gasteiger partial charge in [-0.15, -0.1) is 0 Å². The average molecular weight is 937 g/mol. The molecule has 3 heteroatoms. The summed E-state index contributed by atoms with van der Waals surface area (Å²) in [4.78, 5) is 8.15. The summed E-state index contributed by atoms with van der Waals surface area (Å²) >= 11 is 1.91. The molecule has 0 saturated heterocycles. The van der Waals surface area contributed by atoms with Crippen molar-refractivity contribution in [1.29, 1.82) is 0 Å². The summed E-state index contributed by atoms with van der Waals surface area (Å²) in [6, 6.07) is 88.9. The van der Waals surface area contributed by atoms with Crippen LogP contribution in [0.25, 0.3) is 39.1 Å². The highest BCUT2D eigenvalue weighted by atomic mass is 32.2. The zero-order valence-corrected chi connectivity index (χ0v) is 40.8. The second-order valence-corrected chi connectivity index (χ2v) is 21.6. The van der Waals surface area contributed by atoms with Crippen LogP contribution in [0.2, 0.25) is 0 Å². The van der Waals surface area contributed by atoms with Crippen molar-refractivity contribution in [2.45, 2.75) is 46.0 Å². The molecule has 1 atom stereocenters. The second-order valence-electron chi connectivity index (χ2n) is 20.5. The lowest BCUT2D eigenvalue weighted by Gasteiger charge is -2.52. The summed E-state index contributed by atoms with van der Waals surface area (Å²) in [5.41, 5.74) is 25.3. The fraction of sp³-hybridized carbons (Fsp3) is 0.0870. The van der Waals surface area contributed by atoms with Crippen molar-refractivity contribution in [3.8, 4) is 33.4 Å². The molecule has 2 spiro atoms. The summed E-state index contributed by atoms with van der Waals surface area (Å²) in [5, 5.41) is 3.90. The zero-order valence-electron chi connectivity index (χ0n) is 40.0. The number of benzene rings is 10. The molecule has 0 bridgehead atoms. The molecule has 0 saturated carbocycles. The Kier molecular flexibility index (Phi) is 8.87.